The molecule has 0 unspecified atom stereocenters. The number of carbonyl (C=O) groups excluding carboxylic acids is 5. The fourth-order valence-electron chi connectivity index (χ4n) is 3.54. The highest BCUT2D eigenvalue weighted by atomic mass is 32.1. The van der Waals surface area contributed by atoms with Crippen molar-refractivity contribution in [3.63, 3.8) is 0 Å². The molecule has 0 aromatic heterocycles. The van der Waals surface area contributed by atoms with E-state index in [1.54, 1.807) is 0 Å². The number of hydrogen-bond donors (Lipinski definition) is 4. The maximum absolute atomic E-state index is 12.4. The maximum Gasteiger partial charge on any atom is 0.303 e. The van der Waals surface area contributed by atoms with Crippen molar-refractivity contribution >= 4 is 52.7 Å². The number of esters is 3. The number of hydrazine groups is 1. The fraction of sp³-hybridized carbons (Fsp3) is 0.455. The summed E-state index contributed by atoms with van der Waals surface area (Å²) in [4.78, 5) is 69.6. The van der Waals surface area contributed by atoms with E-state index in [0.717, 1.165) is 32.9 Å². The first-order valence-electron chi connectivity index (χ1n) is 11.3. The molecule has 1 aromatic rings. The van der Waals surface area contributed by atoms with Crippen molar-refractivity contribution in [1.82, 2.24) is 21.5 Å². The summed E-state index contributed by atoms with van der Waals surface area (Å²) in [5.74, 6) is -3.43. The normalized spacial score (nSPS) is 21.9. The highest BCUT2D eigenvalue weighted by Crippen LogP contribution is 2.26. The van der Waals surface area contributed by atoms with Crippen molar-refractivity contribution < 1.29 is 47.8 Å². The average molecular weight is 570 g/mol. The van der Waals surface area contributed by atoms with Gasteiger partial charge in [0.25, 0.3) is 11.6 Å². The molecule has 1 saturated heterocycles. The Morgan fingerprint density at radius 1 is 0.923 bits per heavy atom. The molecule has 4 N–H and O–H groups in total. The third-order valence-corrected chi connectivity index (χ3v) is 5.24. The molecule has 1 fully saturated rings. The van der Waals surface area contributed by atoms with Gasteiger partial charge in [0.1, 0.15) is 18.8 Å². The van der Waals surface area contributed by atoms with E-state index in [0.29, 0.717) is 0 Å². The minimum Gasteiger partial charge on any atom is -0.463 e. The first-order valence-corrected chi connectivity index (χ1v) is 11.7. The zero-order valence-electron chi connectivity index (χ0n) is 21.2. The van der Waals surface area contributed by atoms with E-state index >= 15 is 0 Å². The van der Waals surface area contributed by atoms with Crippen LogP contribution in [0.4, 0.5) is 5.69 Å². The monoisotopic (exact) mass is 569 g/mol. The number of rotatable bonds is 8. The molecule has 0 aliphatic carbocycles. The predicted octanol–water partition coefficient (Wildman–Crippen LogP) is -0.640. The number of hydrogen-bond acceptors (Lipinski definition) is 12. The van der Waals surface area contributed by atoms with Crippen LogP contribution in [0.15, 0.2) is 24.3 Å². The van der Waals surface area contributed by atoms with E-state index in [-0.39, 0.29) is 16.4 Å². The van der Waals surface area contributed by atoms with Crippen molar-refractivity contribution in [3.8, 4) is 0 Å². The topological polar surface area (TPSA) is 214 Å². The molecule has 0 bridgehead atoms. The van der Waals surface area contributed by atoms with Gasteiger partial charge >= 0.3 is 17.9 Å². The van der Waals surface area contributed by atoms with Crippen LogP contribution in [0.2, 0.25) is 0 Å². The third kappa shape index (κ3) is 9.46. The molecule has 2 rings (SSSR count). The SMILES string of the molecule is CC(=O)N[C@@H]1[C@@H](OC(C)=O)[C@H](OC(C)=O)[C@@H](COC(C)=O)O[C@H]1NC(=S)NNC(=O)c1ccc([N+](=O)[O-])cc1. The molecule has 0 saturated carbocycles. The Bertz CT molecular complexity index is 1130. The van der Waals surface area contributed by atoms with Crippen LogP contribution in [0.1, 0.15) is 38.1 Å². The zero-order chi connectivity index (χ0) is 29.3. The van der Waals surface area contributed by atoms with E-state index in [2.05, 4.69) is 21.5 Å². The minimum absolute atomic E-state index is 0.0848. The lowest BCUT2D eigenvalue weighted by Crippen LogP contribution is -2.70. The van der Waals surface area contributed by atoms with Crippen LogP contribution in [-0.2, 0) is 38.1 Å². The van der Waals surface area contributed by atoms with Crippen molar-refractivity contribution in [1.29, 1.82) is 0 Å². The predicted molar refractivity (Wildman–Crippen MR) is 133 cm³/mol. The first-order chi connectivity index (χ1) is 18.3. The summed E-state index contributed by atoms with van der Waals surface area (Å²) in [7, 11) is 0. The molecule has 1 heterocycles. The van der Waals surface area contributed by atoms with Gasteiger partial charge in [0.2, 0.25) is 5.91 Å². The number of nitro benzene ring substituents is 1. The number of benzene rings is 1. The standard InChI is InChI=1S/C22H27N5O11S/c1-10(28)23-17-19(37-13(4)31)18(36-12(3)30)16(9-35-11(2)29)38-21(17)24-22(39)26-25-20(32)14-5-7-15(8-6-14)27(33)34/h5-8,16-19,21H,9H2,1-4H3,(H,23,28)(H,25,32)(H2,24,26,39)/t16-,17-,18-,19-,21-/m1/s1. The molecule has 0 spiro atoms. The lowest BCUT2D eigenvalue weighted by atomic mass is 9.95. The van der Waals surface area contributed by atoms with Gasteiger partial charge in [-0.05, 0) is 24.4 Å². The van der Waals surface area contributed by atoms with Crippen molar-refractivity contribution in [3.05, 3.63) is 39.9 Å². The summed E-state index contributed by atoms with van der Waals surface area (Å²) in [6.07, 6.45) is -5.01. The smallest absolute Gasteiger partial charge is 0.303 e. The van der Waals surface area contributed by atoms with Gasteiger partial charge in [-0.15, -0.1) is 0 Å². The van der Waals surface area contributed by atoms with Gasteiger partial charge in [0, 0.05) is 45.4 Å². The molecule has 16 nitrogen and oxygen atoms in total. The molecule has 1 aliphatic heterocycles. The first kappa shape index (κ1) is 30.8. The summed E-state index contributed by atoms with van der Waals surface area (Å²) >= 11 is 5.20. The maximum atomic E-state index is 12.4. The third-order valence-electron chi connectivity index (χ3n) is 5.02. The fourth-order valence-corrected chi connectivity index (χ4v) is 3.71. The van der Waals surface area contributed by atoms with Crippen LogP contribution in [-0.4, -0.2) is 76.9 Å². The number of nitrogens with zero attached hydrogens (tertiary/aromatic N) is 1. The van der Waals surface area contributed by atoms with Gasteiger partial charge in [-0.25, -0.2) is 0 Å². The molecule has 2 amide bonds. The Kier molecular flexibility index (Phi) is 11.0. The average Bonchev–Trinajstić information content (AvgIpc) is 2.84. The summed E-state index contributed by atoms with van der Waals surface area (Å²) < 4.78 is 21.6. The lowest BCUT2D eigenvalue weighted by Gasteiger charge is -2.45. The Morgan fingerprint density at radius 3 is 2.03 bits per heavy atom. The van der Waals surface area contributed by atoms with Crippen molar-refractivity contribution in [2.75, 3.05) is 6.61 Å². The molecular formula is C22H27N5O11S. The van der Waals surface area contributed by atoms with Crippen LogP contribution in [0.5, 0.6) is 0 Å². The highest BCUT2D eigenvalue weighted by molar-refractivity contribution is 7.80. The van der Waals surface area contributed by atoms with E-state index in [9.17, 15) is 34.1 Å². The Balaban J connectivity index is 2.23. The second-order valence-electron chi connectivity index (χ2n) is 8.13. The van der Waals surface area contributed by atoms with Crippen LogP contribution in [0.25, 0.3) is 0 Å². The van der Waals surface area contributed by atoms with Crippen molar-refractivity contribution in [2.45, 2.75) is 58.3 Å². The number of nitrogens with one attached hydrogen (secondary N) is 4. The zero-order valence-corrected chi connectivity index (χ0v) is 22.1. The molecule has 1 aromatic carbocycles. The molecule has 1 aliphatic rings. The largest absolute Gasteiger partial charge is 0.463 e. The van der Waals surface area contributed by atoms with E-state index in [1.165, 1.54) is 19.1 Å². The summed E-state index contributed by atoms with van der Waals surface area (Å²) in [5, 5.41) is 15.8. The van der Waals surface area contributed by atoms with Crippen LogP contribution in [0, 0.1) is 10.1 Å². The quantitative estimate of drug-likeness (QED) is 0.101. The van der Waals surface area contributed by atoms with Gasteiger partial charge < -0.3 is 29.6 Å². The molecule has 0 radical (unpaired) electrons. The van der Waals surface area contributed by atoms with Crippen LogP contribution < -0.4 is 21.5 Å². The second kappa shape index (κ2) is 14.0. The van der Waals surface area contributed by atoms with Gasteiger partial charge in [0.15, 0.2) is 23.5 Å². The van der Waals surface area contributed by atoms with Crippen LogP contribution >= 0.6 is 12.2 Å². The Labute approximate surface area is 227 Å². The Hall–Kier alpha value is -4.38. The summed E-state index contributed by atoms with van der Waals surface area (Å²) in [6.45, 7) is 4.14. The number of nitro groups is 1. The summed E-state index contributed by atoms with van der Waals surface area (Å²) in [5.41, 5.74) is 4.60. The number of carbonyl (C=O) groups is 5. The van der Waals surface area contributed by atoms with Gasteiger partial charge in [0.05, 0.1) is 4.92 Å². The molecule has 39 heavy (non-hydrogen) atoms. The lowest BCUT2D eigenvalue weighted by molar-refractivity contribution is -0.384. The van der Waals surface area contributed by atoms with E-state index in [4.69, 9.17) is 31.2 Å². The number of ether oxygens (including phenoxy) is 4. The number of amides is 2. The van der Waals surface area contributed by atoms with Crippen LogP contribution in [0.3, 0.4) is 0 Å². The van der Waals surface area contributed by atoms with E-state index < -0.39 is 71.8 Å². The highest BCUT2D eigenvalue weighted by Gasteiger charge is 2.51. The summed E-state index contributed by atoms with van der Waals surface area (Å²) in [6, 6.07) is 3.60. The van der Waals surface area contributed by atoms with E-state index in [1.807, 2.05) is 0 Å². The van der Waals surface area contributed by atoms with Gasteiger partial charge in [-0.2, -0.15) is 0 Å². The molecule has 212 valence electrons. The second-order valence-corrected chi connectivity index (χ2v) is 8.54. The molecular weight excluding hydrogens is 542 g/mol. The minimum atomic E-state index is -1.31. The van der Waals surface area contributed by atoms with Crippen molar-refractivity contribution in [2.24, 2.45) is 0 Å². The molecule has 5 atom stereocenters. The Morgan fingerprint density at radius 2 is 1.51 bits per heavy atom. The molecule has 17 heteroatoms. The number of non-ortho nitro benzene ring substituents is 1. The number of thiocarbonyl (C=S) groups is 1. The van der Waals surface area contributed by atoms with Gasteiger partial charge in [-0.3, -0.25) is 44.9 Å². The van der Waals surface area contributed by atoms with Gasteiger partial charge in [-0.1, -0.05) is 0 Å².